The maximum absolute atomic E-state index is 2.35. The van der Waals surface area contributed by atoms with E-state index in [1.807, 2.05) is 0 Å². The summed E-state index contributed by atoms with van der Waals surface area (Å²) >= 11 is 0. The lowest BCUT2D eigenvalue weighted by Gasteiger charge is -2.15. The van der Waals surface area contributed by atoms with Crippen LogP contribution in [0.2, 0.25) is 0 Å². The van der Waals surface area contributed by atoms with Crippen molar-refractivity contribution in [3.8, 4) is 0 Å². The predicted molar refractivity (Wildman–Crippen MR) is 141 cm³/mol. The van der Waals surface area contributed by atoms with Crippen LogP contribution >= 0.6 is 0 Å². The fourth-order valence-corrected chi connectivity index (χ4v) is 5.55. The Bertz CT molecular complexity index is 1730. The SMILES string of the molecule is Cc1ccc2ccc3ccc4ccc5ccc6ccc7ccc(C)cc7c6c5c4c3c2c1. The Hall–Kier alpha value is -3.90. The van der Waals surface area contributed by atoms with Crippen molar-refractivity contribution >= 4 is 64.6 Å². The van der Waals surface area contributed by atoms with Crippen LogP contribution in [0, 0.1) is 13.8 Å². The fraction of sp³-hybridized carbons (Fsp3) is 0.0625. The fourth-order valence-electron chi connectivity index (χ4n) is 5.55. The molecule has 0 saturated heterocycles. The lowest BCUT2D eigenvalue weighted by Crippen LogP contribution is -1.87. The molecule has 7 rings (SSSR count). The van der Waals surface area contributed by atoms with Gasteiger partial charge in [-0.3, -0.25) is 0 Å². The Kier molecular flexibility index (Phi) is 3.50. The lowest BCUT2D eigenvalue weighted by molar-refractivity contribution is 1.51. The Morgan fingerprint density at radius 2 is 0.594 bits per heavy atom. The standard InChI is InChI=1S/C32H22/c1-19-3-5-21-7-9-23-11-13-25-15-16-26-14-12-24-10-8-22-6-4-20(2)18-28(22)30(24)32(26)31(25)29(23)27(21)17-19/h3-18H,1-2H3. The molecule has 0 spiro atoms. The molecule has 0 heteroatoms. The molecule has 150 valence electrons. The van der Waals surface area contributed by atoms with E-state index in [1.165, 1.54) is 75.8 Å². The Morgan fingerprint density at radius 3 is 0.969 bits per heavy atom. The van der Waals surface area contributed by atoms with Crippen molar-refractivity contribution < 1.29 is 0 Å². The summed E-state index contributed by atoms with van der Waals surface area (Å²) in [6, 6.07) is 36.4. The van der Waals surface area contributed by atoms with Gasteiger partial charge in [-0.05, 0) is 78.5 Å². The third-order valence-corrected chi connectivity index (χ3v) is 7.07. The van der Waals surface area contributed by atoms with E-state index in [-0.39, 0.29) is 0 Å². The summed E-state index contributed by atoms with van der Waals surface area (Å²) in [5, 5.41) is 16.0. The van der Waals surface area contributed by atoms with Gasteiger partial charge < -0.3 is 0 Å². The van der Waals surface area contributed by atoms with Crippen LogP contribution in [0.1, 0.15) is 11.1 Å². The zero-order chi connectivity index (χ0) is 21.4. The highest BCUT2D eigenvalue weighted by Gasteiger charge is 2.13. The predicted octanol–water partition coefficient (Wildman–Crippen LogP) is 9.22. The highest BCUT2D eigenvalue weighted by atomic mass is 14.2. The molecule has 0 saturated carbocycles. The van der Waals surface area contributed by atoms with E-state index in [4.69, 9.17) is 0 Å². The van der Waals surface area contributed by atoms with Crippen LogP contribution in [-0.2, 0) is 0 Å². The van der Waals surface area contributed by atoms with Crippen molar-refractivity contribution in [2.24, 2.45) is 0 Å². The molecule has 0 unspecified atom stereocenters. The molecule has 7 aromatic rings. The van der Waals surface area contributed by atoms with Crippen molar-refractivity contribution in [3.05, 3.63) is 108 Å². The van der Waals surface area contributed by atoms with E-state index >= 15 is 0 Å². The third-order valence-electron chi connectivity index (χ3n) is 7.07. The Balaban J connectivity index is 1.88. The molecule has 32 heavy (non-hydrogen) atoms. The van der Waals surface area contributed by atoms with Gasteiger partial charge in [-0.2, -0.15) is 0 Å². The third kappa shape index (κ3) is 2.38. The summed E-state index contributed by atoms with van der Waals surface area (Å²) < 4.78 is 0. The average molecular weight is 407 g/mol. The molecule has 0 fully saturated rings. The second-order valence-corrected chi connectivity index (χ2v) is 9.17. The molecule has 0 N–H and O–H groups in total. The maximum Gasteiger partial charge on any atom is -0.00141 e. The average Bonchev–Trinajstić information content (AvgIpc) is 2.82. The molecule has 0 amide bonds. The molecular weight excluding hydrogens is 384 g/mol. The van der Waals surface area contributed by atoms with Gasteiger partial charge >= 0.3 is 0 Å². The molecular formula is C32H22. The number of fused-ring (bicyclic) bond motifs is 11. The first-order valence-electron chi connectivity index (χ1n) is 11.3. The zero-order valence-corrected chi connectivity index (χ0v) is 18.2. The molecule has 0 nitrogen and oxygen atoms in total. The monoisotopic (exact) mass is 406 g/mol. The van der Waals surface area contributed by atoms with Crippen molar-refractivity contribution in [2.45, 2.75) is 13.8 Å². The van der Waals surface area contributed by atoms with Crippen LogP contribution in [0.4, 0.5) is 0 Å². The molecule has 0 aliphatic carbocycles. The first kappa shape index (κ1) is 17.7. The molecule has 0 aromatic heterocycles. The van der Waals surface area contributed by atoms with Gasteiger partial charge in [0.15, 0.2) is 0 Å². The van der Waals surface area contributed by atoms with Crippen molar-refractivity contribution in [3.63, 3.8) is 0 Å². The van der Waals surface area contributed by atoms with Crippen LogP contribution in [0.25, 0.3) is 64.6 Å². The van der Waals surface area contributed by atoms with Crippen molar-refractivity contribution in [1.29, 1.82) is 0 Å². The molecule has 0 atom stereocenters. The van der Waals surface area contributed by atoms with Crippen molar-refractivity contribution in [1.82, 2.24) is 0 Å². The maximum atomic E-state index is 2.35. The Labute approximate surface area is 186 Å². The highest BCUT2D eigenvalue weighted by molar-refractivity contribution is 6.35. The van der Waals surface area contributed by atoms with Gasteiger partial charge in [0.05, 0.1) is 0 Å². The van der Waals surface area contributed by atoms with E-state index < -0.39 is 0 Å². The van der Waals surface area contributed by atoms with Gasteiger partial charge in [-0.1, -0.05) is 108 Å². The number of rotatable bonds is 0. The number of aryl methyl sites for hydroxylation is 2. The molecule has 0 radical (unpaired) electrons. The van der Waals surface area contributed by atoms with Crippen LogP contribution in [0.3, 0.4) is 0 Å². The van der Waals surface area contributed by atoms with E-state index in [0.29, 0.717) is 0 Å². The normalized spacial score (nSPS) is 12.1. The molecule has 0 aliphatic heterocycles. The number of hydrogen-bond acceptors (Lipinski definition) is 0. The second kappa shape index (κ2) is 6.31. The molecule has 0 heterocycles. The summed E-state index contributed by atoms with van der Waals surface area (Å²) in [4.78, 5) is 0. The minimum absolute atomic E-state index is 1.30. The van der Waals surface area contributed by atoms with E-state index in [9.17, 15) is 0 Å². The summed E-state index contributed by atoms with van der Waals surface area (Å²) in [7, 11) is 0. The minimum Gasteiger partial charge on any atom is -0.0587 e. The van der Waals surface area contributed by atoms with Gasteiger partial charge in [0, 0.05) is 0 Å². The molecule has 0 aliphatic rings. The topological polar surface area (TPSA) is 0 Å². The van der Waals surface area contributed by atoms with E-state index in [2.05, 4.69) is 111 Å². The largest absolute Gasteiger partial charge is 0.0587 e. The van der Waals surface area contributed by atoms with Gasteiger partial charge in [-0.25, -0.2) is 0 Å². The molecule has 0 bridgehead atoms. The van der Waals surface area contributed by atoms with Gasteiger partial charge in [-0.15, -0.1) is 0 Å². The van der Waals surface area contributed by atoms with Gasteiger partial charge in [0.1, 0.15) is 0 Å². The number of hydrogen-bond donors (Lipinski definition) is 0. The van der Waals surface area contributed by atoms with E-state index in [1.54, 1.807) is 0 Å². The lowest BCUT2D eigenvalue weighted by atomic mass is 9.88. The van der Waals surface area contributed by atoms with Crippen LogP contribution in [-0.4, -0.2) is 0 Å². The summed E-state index contributed by atoms with van der Waals surface area (Å²) in [5.74, 6) is 0. The van der Waals surface area contributed by atoms with Crippen molar-refractivity contribution in [2.75, 3.05) is 0 Å². The van der Waals surface area contributed by atoms with E-state index in [0.717, 1.165) is 0 Å². The highest BCUT2D eigenvalue weighted by Crippen LogP contribution is 2.41. The first-order chi connectivity index (χ1) is 15.7. The first-order valence-corrected chi connectivity index (χ1v) is 11.3. The van der Waals surface area contributed by atoms with Crippen LogP contribution < -0.4 is 0 Å². The van der Waals surface area contributed by atoms with Crippen LogP contribution in [0.15, 0.2) is 97.1 Å². The number of benzene rings is 7. The zero-order valence-electron chi connectivity index (χ0n) is 18.2. The van der Waals surface area contributed by atoms with Gasteiger partial charge in [0.2, 0.25) is 0 Å². The summed E-state index contributed by atoms with van der Waals surface area (Å²) in [5.41, 5.74) is 2.60. The second-order valence-electron chi connectivity index (χ2n) is 9.17. The minimum atomic E-state index is 1.30. The quantitative estimate of drug-likeness (QED) is 0.220. The Morgan fingerprint density at radius 1 is 0.312 bits per heavy atom. The van der Waals surface area contributed by atoms with Gasteiger partial charge in [0.25, 0.3) is 0 Å². The summed E-state index contributed by atoms with van der Waals surface area (Å²) in [6.45, 7) is 4.38. The molecule has 7 aromatic carbocycles. The smallest absolute Gasteiger partial charge is 0.00141 e. The van der Waals surface area contributed by atoms with Crippen LogP contribution in [0.5, 0.6) is 0 Å². The summed E-state index contributed by atoms with van der Waals surface area (Å²) in [6.07, 6.45) is 0.